The van der Waals surface area contributed by atoms with E-state index in [1.165, 1.54) is 29.3 Å². The largest absolute Gasteiger partial charge is 0.313 e. The number of hydroxylamine groups is 2. The maximum atomic E-state index is 12.8. The first-order valence-corrected chi connectivity index (χ1v) is 11.2. The second-order valence-electron chi connectivity index (χ2n) is 7.74. The second kappa shape index (κ2) is 7.48. The Labute approximate surface area is 170 Å². The minimum Gasteiger partial charge on any atom is -0.294 e. The summed E-state index contributed by atoms with van der Waals surface area (Å²) in [6.45, 7) is 4.36. The van der Waals surface area contributed by atoms with Gasteiger partial charge in [0.05, 0.1) is 16.7 Å². The van der Waals surface area contributed by atoms with Crippen LogP contribution in [0.5, 0.6) is 0 Å². The Balaban J connectivity index is 1.56. The van der Waals surface area contributed by atoms with Crippen LogP contribution in [0, 0.1) is 11.8 Å². The minimum absolute atomic E-state index is 0.0521. The molecule has 1 heterocycles. The summed E-state index contributed by atoms with van der Waals surface area (Å²) >= 11 is 0. The lowest BCUT2D eigenvalue weighted by atomic mass is 9.72. The molecular weight excluding hydrogens is 390 g/mol. The van der Waals surface area contributed by atoms with Crippen LogP contribution in [0.25, 0.3) is 0 Å². The molecule has 6 nitrogen and oxygen atoms in total. The third-order valence-corrected chi connectivity index (χ3v) is 7.21. The molecule has 0 bridgehead atoms. The van der Waals surface area contributed by atoms with Crippen molar-refractivity contribution in [1.29, 1.82) is 0 Å². The van der Waals surface area contributed by atoms with Crippen LogP contribution in [0.2, 0.25) is 0 Å². The van der Waals surface area contributed by atoms with Crippen molar-refractivity contribution in [3.8, 4) is 0 Å². The SMILES string of the molecule is CCC(C)c1ccc(S(=O)(=O)ON2CC3C(=O)C=CC4=C3C(C2)C(=O)C=C4)cc1. The molecule has 152 valence electrons. The molecule has 2 aliphatic carbocycles. The van der Waals surface area contributed by atoms with Crippen LogP contribution in [0.4, 0.5) is 0 Å². The molecular formula is C22H23NO5S. The molecule has 1 aromatic carbocycles. The van der Waals surface area contributed by atoms with Gasteiger partial charge in [0.2, 0.25) is 0 Å². The van der Waals surface area contributed by atoms with Crippen LogP contribution in [0.3, 0.4) is 0 Å². The van der Waals surface area contributed by atoms with E-state index in [9.17, 15) is 18.0 Å². The lowest BCUT2D eigenvalue weighted by Gasteiger charge is -2.39. The number of carbonyl (C=O) groups is 2. The molecule has 1 aromatic rings. The quantitative estimate of drug-likeness (QED) is 0.738. The van der Waals surface area contributed by atoms with Gasteiger partial charge in [-0.05, 0) is 53.3 Å². The highest BCUT2D eigenvalue weighted by molar-refractivity contribution is 7.86. The molecule has 0 amide bonds. The first-order chi connectivity index (χ1) is 13.8. The van der Waals surface area contributed by atoms with Crippen molar-refractivity contribution in [2.75, 3.05) is 13.1 Å². The predicted molar refractivity (Wildman–Crippen MR) is 107 cm³/mol. The molecule has 3 unspecified atom stereocenters. The topological polar surface area (TPSA) is 80.8 Å². The van der Waals surface area contributed by atoms with E-state index in [0.717, 1.165) is 23.1 Å². The van der Waals surface area contributed by atoms with Gasteiger partial charge < -0.3 is 0 Å². The van der Waals surface area contributed by atoms with Crippen molar-refractivity contribution in [2.24, 2.45) is 11.8 Å². The first kappa shape index (κ1) is 19.9. The fraction of sp³-hybridized carbons (Fsp3) is 0.364. The maximum absolute atomic E-state index is 12.8. The van der Waals surface area contributed by atoms with Crippen molar-refractivity contribution in [3.63, 3.8) is 0 Å². The van der Waals surface area contributed by atoms with Gasteiger partial charge in [-0.1, -0.05) is 38.1 Å². The summed E-state index contributed by atoms with van der Waals surface area (Å²) in [5, 5.41) is 1.24. The Hall–Kier alpha value is -2.35. The van der Waals surface area contributed by atoms with Crippen LogP contribution in [0.1, 0.15) is 31.7 Å². The monoisotopic (exact) mass is 413 g/mol. The normalized spacial score (nSPS) is 25.3. The molecule has 0 aromatic heterocycles. The number of ketones is 2. The summed E-state index contributed by atoms with van der Waals surface area (Å²) in [5.74, 6) is -1.07. The highest BCUT2D eigenvalue weighted by Gasteiger charge is 2.43. The number of rotatable bonds is 5. The van der Waals surface area contributed by atoms with Crippen LogP contribution in [-0.2, 0) is 24.0 Å². The van der Waals surface area contributed by atoms with Crippen LogP contribution in [0.15, 0.2) is 64.6 Å². The smallest absolute Gasteiger partial charge is 0.294 e. The Morgan fingerprint density at radius 2 is 1.55 bits per heavy atom. The van der Waals surface area contributed by atoms with Crippen molar-refractivity contribution in [1.82, 2.24) is 5.06 Å². The zero-order chi connectivity index (χ0) is 20.8. The Morgan fingerprint density at radius 3 is 2.07 bits per heavy atom. The summed E-state index contributed by atoms with van der Waals surface area (Å²) in [4.78, 5) is 24.8. The Bertz CT molecular complexity index is 1010. The third-order valence-electron chi connectivity index (χ3n) is 5.95. The zero-order valence-corrected chi connectivity index (χ0v) is 17.2. The molecule has 1 aliphatic heterocycles. The van der Waals surface area contributed by atoms with E-state index in [2.05, 4.69) is 13.8 Å². The number of allylic oxidation sites excluding steroid dienone is 5. The maximum Gasteiger partial charge on any atom is 0.313 e. The first-order valence-electron chi connectivity index (χ1n) is 9.77. The van der Waals surface area contributed by atoms with Crippen molar-refractivity contribution in [2.45, 2.75) is 31.1 Å². The average Bonchev–Trinajstić information content (AvgIpc) is 2.71. The van der Waals surface area contributed by atoms with Crippen LogP contribution < -0.4 is 0 Å². The van der Waals surface area contributed by atoms with Crippen LogP contribution >= 0.6 is 0 Å². The highest BCUT2D eigenvalue weighted by atomic mass is 32.2. The van der Waals surface area contributed by atoms with Gasteiger partial charge in [0.25, 0.3) is 0 Å². The summed E-state index contributed by atoms with van der Waals surface area (Å²) in [5.41, 5.74) is 2.70. The zero-order valence-electron chi connectivity index (χ0n) is 16.4. The van der Waals surface area contributed by atoms with Gasteiger partial charge in [-0.15, -0.1) is 0 Å². The molecule has 1 fully saturated rings. The fourth-order valence-corrected chi connectivity index (χ4v) is 5.03. The summed E-state index contributed by atoms with van der Waals surface area (Å²) in [6.07, 6.45) is 7.35. The number of piperidine rings is 1. The fourth-order valence-electron chi connectivity index (χ4n) is 4.08. The predicted octanol–water partition coefficient (Wildman–Crippen LogP) is 2.94. The molecule has 0 spiro atoms. The minimum atomic E-state index is -4.06. The van der Waals surface area contributed by atoms with Gasteiger partial charge in [0.15, 0.2) is 11.6 Å². The highest BCUT2D eigenvalue weighted by Crippen LogP contribution is 2.38. The lowest BCUT2D eigenvalue weighted by molar-refractivity contribution is -0.133. The molecule has 0 radical (unpaired) electrons. The van der Waals surface area contributed by atoms with Crippen LogP contribution in [-0.4, -0.2) is 38.1 Å². The van der Waals surface area contributed by atoms with E-state index in [4.69, 9.17) is 4.28 Å². The standard InChI is InChI=1S/C22H23NO5S/c1-3-14(2)15-4-8-17(9-5-15)29(26,27)28-23-12-18-20(24)10-6-16-7-11-21(25)19(13-23)22(16)18/h4-11,14,18-19H,3,12-13H2,1-2H3. The van der Waals surface area contributed by atoms with E-state index in [1.54, 1.807) is 24.3 Å². The molecule has 0 saturated carbocycles. The van der Waals surface area contributed by atoms with Crippen molar-refractivity contribution < 1.29 is 22.3 Å². The summed E-state index contributed by atoms with van der Waals surface area (Å²) in [6, 6.07) is 6.65. The third kappa shape index (κ3) is 3.66. The van der Waals surface area contributed by atoms with E-state index in [-0.39, 0.29) is 29.6 Å². The van der Waals surface area contributed by atoms with Gasteiger partial charge in [-0.25, -0.2) is 0 Å². The molecule has 3 atom stereocenters. The van der Waals surface area contributed by atoms with E-state index >= 15 is 0 Å². The van der Waals surface area contributed by atoms with Gasteiger partial charge in [-0.2, -0.15) is 17.8 Å². The van der Waals surface area contributed by atoms with E-state index in [1.807, 2.05) is 0 Å². The number of hydrogen-bond donors (Lipinski definition) is 0. The average molecular weight is 413 g/mol. The number of benzene rings is 1. The Kier molecular flexibility index (Phi) is 5.14. The molecule has 7 heteroatoms. The van der Waals surface area contributed by atoms with E-state index in [0.29, 0.717) is 5.92 Å². The van der Waals surface area contributed by atoms with Gasteiger partial charge in [0, 0.05) is 13.1 Å². The Morgan fingerprint density at radius 1 is 1.00 bits per heavy atom. The lowest BCUT2D eigenvalue weighted by Crippen LogP contribution is -2.49. The second-order valence-corrected chi connectivity index (χ2v) is 9.27. The van der Waals surface area contributed by atoms with E-state index < -0.39 is 22.0 Å². The number of nitrogens with zero attached hydrogens (tertiary/aromatic N) is 1. The van der Waals surface area contributed by atoms with Gasteiger partial charge >= 0.3 is 10.1 Å². The molecule has 3 aliphatic rings. The summed E-state index contributed by atoms with van der Waals surface area (Å²) in [7, 11) is -4.06. The molecule has 0 N–H and O–H groups in total. The number of hydrogen-bond acceptors (Lipinski definition) is 6. The molecule has 1 saturated heterocycles. The number of carbonyl (C=O) groups excluding carboxylic acids is 2. The van der Waals surface area contributed by atoms with Gasteiger partial charge in [0.1, 0.15) is 0 Å². The van der Waals surface area contributed by atoms with Crippen molar-refractivity contribution >= 4 is 21.7 Å². The molecule has 4 rings (SSSR count). The van der Waals surface area contributed by atoms with Gasteiger partial charge in [-0.3, -0.25) is 9.59 Å². The molecule has 29 heavy (non-hydrogen) atoms. The summed E-state index contributed by atoms with van der Waals surface area (Å²) < 4.78 is 30.9. The van der Waals surface area contributed by atoms with Crippen molar-refractivity contribution in [3.05, 3.63) is 65.3 Å².